The summed E-state index contributed by atoms with van der Waals surface area (Å²) in [7, 11) is 0. The van der Waals surface area contributed by atoms with E-state index in [-0.39, 0.29) is 5.91 Å². The lowest BCUT2D eigenvalue weighted by Crippen LogP contribution is -2.32. The fourth-order valence-corrected chi connectivity index (χ4v) is 1.55. The molecule has 1 heterocycles. The molecule has 2 atom stereocenters. The van der Waals surface area contributed by atoms with Crippen LogP contribution in [0.25, 0.3) is 0 Å². The first-order chi connectivity index (χ1) is 6.00. The summed E-state index contributed by atoms with van der Waals surface area (Å²) in [5, 5.41) is 8.66. The van der Waals surface area contributed by atoms with Crippen molar-refractivity contribution in [1.29, 1.82) is 0 Å². The molecule has 1 saturated heterocycles. The van der Waals surface area contributed by atoms with Crippen LogP contribution in [0.2, 0.25) is 0 Å². The molecule has 1 fully saturated rings. The lowest BCUT2D eigenvalue weighted by Gasteiger charge is -2.18. The van der Waals surface area contributed by atoms with E-state index >= 15 is 0 Å². The summed E-state index contributed by atoms with van der Waals surface area (Å²) >= 11 is 0. The molecule has 0 aliphatic carbocycles. The van der Waals surface area contributed by atoms with Crippen molar-refractivity contribution in [2.75, 3.05) is 13.1 Å². The minimum atomic E-state index is -0.840. The zero-order valence-electron chi connectivity index (χ0n) is 7.99. The third kappa shape index (κ3) is 2.44. The Hall–Kier alpha value is -1.06. The summed E-state index contributed by atoms with van der Waals surface area (Å²) in [6.45, 7) is 4.68. The molecule has 1 amide bonds. The second kappa shape index (κ2) is 3.77. The topological polar surface area (TPSA) is 57.6 Å². The van der Waals surface area contributed by atoms with Gasteiger partial charge in [0.2, 0.25) is 5.91 Å². The van der Waals surface area contributed by atoms with Crippen molar-refractivity contribution in [1.82, 2.24) is 4.90 Å². The zero-order chi connectivity index (χ0) is 10.0. The van der Waals surface area contributed by atoms with Crippen LogP contribution in [-0.2, 0) is 9.59 Å². The summed E-state index contributed by atoms with van der Waals surface area (Å²) in [5.41, 5.74) is 0. The highest BCUT2D eigenvalue weighted by molar-refractivity contribution is 5.79. The summed E-state index contributed by atoms with van der Waals surface area (Å²) in [6.07, 6.45) is 0.562. The molecule has 2 unspecified atom stereocenters. The number of carboxylic acid groups (broad SMARTS) is 1. The largest absolute Gasteiger partial charge is 0.481 e. The van der Waals surface area contributed by atoms with Crippen LogP contribution in [0, 0.1) is 11.8 Å². The molecule has 0 aromatic carbocycles. The smallest absolute Gasteiger partial charge is 0.308 e. The Bertz CT molecular complexity index is 227. The number of carbonyl (C=O) groups is 2. The minimum absolute atomic E-state index is 0.0839. The molecule has 13 heavy (non-hydrogen) atoms. The Balaban J connectivity index is 2.46. The highest BCUT2D eigenvalue weighted by atomic mass is 16.4. The predicted octanol–water partition coefficient (Wildman–Crippen LogP) is 0.575. The van der Waals surface area contributed by atoms with Crippen molar-refractivity contribution >= 4 is 11.9 Å². The molecule has 4 heteroatoms. The Morgan fingerprint density at radius 2 is 2.38 bits per heavy atom. The number of likely N-dealkylation sites (tertiary alicyclic amines) is 1. The molecule has 0 bridgehead atoms. The van der Waals surface area contributed by atoms with Gasteiger partial charge in [-0.15, -0.1) is 0 Å². The van der Waals surface area contributed by atoms with Gasteiger partial charge in [0.15, 0.2) is 0 Å². The molecular weight excluding hydrogens is 170 g/mol. The standard InChI is InChI=1S/C9H15NO3/c1-6-3-8(11)10(4-6)5-7(2)9(12)13/h6-7H,3-5H2,1-2H3,(H,12,13). The number of nitrogens with zero attached hydrogens (tertiary/aromatic N) is 1. The fourth-order valence-electron chi connectivity index (χ4n) is 1.55. The van der Waals surface area contributed by atoms with Crippen LogP contribution in [0.1, 0.15) is 20.3 Å². The maximum atomic E-state index is 11.3. The maximum absolute atomic E-state index is 11.3. The Labute approximate surface area is 77.5 Å². The highest BCUT2D eigenvalue weighted by Gasteiger charge is 2.28. The third-order valence-corrected chi connectivity index (χ3v) is 2.32. The van der Waals surface area contributed by atoms with Crippen LogP contribution in [0.5, 0.6) is 0 Å². The van der Waals surface area contributed by atoms with E-state index in [2.05, 4.69) is 0 Å². The van der Waals surface area contributed by atoms with Crippen LogP contribution >= 0.6 is 0 Å². The van der Waals surface area contributed by atoms with E-state index in [4.69, 9.17) is 5.11 Å². The van der Waals surface area contributed by atoms with Crippen LogP contribution in [-0.4, -0.2) is 35.0 Å². The van der Waals surface area contributed by atoms with Crippen molar-refractivity contribution in [3.05, 3.63) is 0 Å². The van der Waals surface area contributed by atoms with E-state index in [0.29, 0.717) is 25.4 Å². The van der Waals surface area contributed by atoms with Gasteiger partial charge in [-0.3, -0.25) is 9.59 Å². The number of rotatable bonds is 3. The highest BCUT2D eigenvalue weighted by Crippen LogP contribution is 2.17. The number of aliphatic carboxylic acids is 1. The lowest BCUT2D eigenvalue weighted by molar-refractivity contribution is -0.142. The van der Waals surface area contributed by atoms with Crippen molar-refractivity contribution in [2.24, 2.45) is 11.8 Å². The van der Waals surface area contributed by atoms with Crippen molar-refractivity contribution in [2.45, 2.75) is 20.3 Å². The second-order valence-corrected chi connectivity index (χ2v) is 3.85. The molecular formula is C9H15NO3. The minimum Gasteiger partial charge on any atom is -0.481 e. The van der Waals surface area contributed by atoms with Gasteiger partial charge in [-0.2, -0.15) is 0 Å². The van der Waals surface area contributed by atoms with Crippen LogP contribution in [0.15, 0.2) is 0 Å². The van der Waals surface area contributed by atoms with Crippen LogP contribution < -0.4 is 0 Å². The SMILES string of the molecule is CC1CC(=O)N(CC(C)C(=O)O)C1. The summed E-state index contributed by atoms with van der Waals surface area (Å²) < 4.78 is 0. The molecule has 1 aliphatic rings. The first kappa shape index (κ1) is 10.0. The maximum Gasteiger partial charge on any atom is 0.308 e. The Kier molecular flexibility index (Phi) is 2.90. The van der Waals surface area contributed by atoms with Crippen molar-refractivity contribution in [3.8, 4) is 0 Å². The third-order valence-electron chi connectivity index (χ3n) is 2.32. The average Bonchev–Trinajstić information content (AvgIpc) is 2.30. The molecule has 1 aliphatic heterocycles. The van der Waals surface area contributed by atoms with E-state index in [1.807, 2.05) is 6.92 Å². The molecule has 4 nitrogen and oxygen atoms in total. The zero-order valence-corrected chi connectivity index (χ0v) is 7.99. The molecule has 0 aromatic heterocycles. The number of hydrogen-bond acceptors (Lipinski definition) is 2. The van der Waals surface area contributed by atoms with Gasteiger partial charge < -0.3 is 10.0 Å². The van der Waals surface area contributed by atoms with Gasteiger partial charge in [0, 0.05) is 19.5 Å². The van der Waals surface area contributed by atoms with Crippen LogP contribution in [0.4, 0.5) is 0 Å². The van der Waals surface area contributed by atoms with Gasteiger partial charge in [0.05, 0.1) is 5.92 Å². The molecule has 0 aromatic rings. The van der Waals surface area contributed by atoms with Crippen LogP contribution in [0.3, 0.4) is 0 Å². The summed E-state index contributed by atoms with van der Waals surface area (Å²) in [6, 6.07) is 0. The Morgan fingerprint density at radius 3 is 2.77 bits per heavy atom. The first-order valence-corrected chi connectivity index (χ1v) is 4.51. The first-order valence-electron chi connectivity index (χ1n) is 4.51. The van der Waals surface area contributed by atoms with Gasteiger partial charge in [-0.05, 0) is 5.92 Å². The van der Waals surface area contributed by atoms with E-state index < -0.39 is 11.9 Å². The van der Waals surface area contributed by atoms with Gasteiger partial charge in [-0.25, -0.2) is 0 Å². The van der Waals surface area contributed by atoms with Gasteiger partial charge in [0.25, 0.3) is 0 Å². The average molecular weight is 185 g/mol. The quantitative estimate of drug-likeness (QED) is 0.699. The monoisotopic (exact) mass is 185 g/mol. The summed E-state index contributed by atoms with van der Waals surface area (Å²) in [4.78, 5) is 23.5. The number of carbonyl (C=O) groups excluding carboxylic acids is 1. The lowest BCUT2D eigenvalue weighted by atomic mass is 10.1. The van der Waals surface area contributed by atoms with E-state index in [0.717, 1.165) is 0 Å². The van der Waals surface area contributed by atoms with Crippen molar-refractivity contribution < 1.29 is 14.7 Å². The van der Waals surface area contributed by atoms with E-state index in [9.17, 15) is 9.59 Å². The number of amides is 1. The molecule has 1 rings (SSSR count). The number of hydrogen-bond donors (Lipinski definition) is 1. The normalized spacial score (nSPS) is 24.9. The van der Waals surface area contributed by atoms with Crippen molar-refractivity contribution in [3.63, 3.8) is 0 Å². The Morgan fingerprint density at radius 1 is 1.77 bits per heavy atom. The van der Waals surface area contributed by atoms with E-state index in [1.165, 1.54) is 0 Å². The van der Waals surface area contributed by atoms with Gasteiger partial charge in [0.1, 0.15) is 0 Å². The molecule has 1 N–H and O–H groups in total. The predicted molar refractivity (Wildman–Crippen MR) is 47.2 cm³/mol. The number of carboxylic acids is 1. The molecule has 0 saturated carbocycles. The molecule has 74 valence electrons. The van der Waals surface area contributed by atoms with Gasteiger partial charge >= 0.3 is 5.97 Å². The van der Waals surface area contributed by atoms with E-state index in [1.54, 1.807) is 11.8 Å². The summed E-state index contributed by atoms with van der Waals surface area (Å²) in [5.74, 6) is -0.851. The van der Waals surface area contributed by atoms with Gasteiger partial charge in [-0.1, -0.05) is 13.8 Å². The molecule has 0 spiro atoms. The fraction of sp³-hybridized carbons (Fsp3) is 0.778. The second-order valence-electron chi connectivity index (χ2n) is 3.85. The molecule has 0 radical (unpaired) electrons.